The van der Waals surface area contributed by atoms with Crippen LogP contribution >= 0.6 is 23.2 Å². The van der Waals surface area contributed by atoms with Crippen molar-refractivity contribution in [3.63, 3.8) is 0 Å². The summed E-state index contributed by atoms with van der Waals surface area (Å²) in [5, 5.41) is 3.50. The van der Waals surface area contributed by atoms with Crippen molar-refractivity contribution in [3.8, 4) is 5.75 Å². The molecule has 0 saturated carbocycles. The van der Waals surface area contributed by atoms with Crippen LogP contribution in [0.15, 0.2) is 30.5 Å². The number of aromatic nitrogens is 2. The summed E-state index contributed by atoms with van der Waals surface area (Å²) < 4.78 is 5.35. The van der Waals surface area contributed by atoms with E-state index in [9.17, 15) is 0 Å². The third-order valence-electron chi connectivity index (χ3n) is 2.16. The highest BCUT2D eigenvalue weighted by Gasteiger charge is 2.04. The summed E-state index contributed by atoms with van der Waals surface area (Å²) in [6.45, 7) is 2.58. The van der Waals surface area contributed by atoms with Gasteiger partial charge in [-0.2, -0.15) is 0 Å². The third kappa shape index (κ3) is 3.24. The summed E-state index contributed by atoms with van der Waals surface area (Å²) in [6, 6.07) is 7.51. The van der Waals surface area contributed by atoms with Crippen molar-refractivity contribution < 1.29 is 4.74 Å². The Morgan fingerprint density at radius 1 is 1.22 bits per heavy atom. The summed E-state index contributed by atoms with van der Waals surface area (Å²) in [7, 11) is 0. The molecule has 0 aliphatic rings. The van der Waals surface area contributed by atoms with Crippen LogP contribution in [0.1, 0.15) is 6.92 Å². The number of ether oxygens (including phenoxy) is 1. The molecule has 0 fully saturated rings. The molecule has 0 saturated heterocycles. The maximum absolute atomic E-state index is 5.94. The van der Waals surface area contributed by atoms with Gasteiger partial charge in [0.1, 0.15) is 5.75 Å². The highest BCUT2D eigenvalue weighted by molar-refractivity contribution is 6.33. The second-order valence-electron chi connectivity index (χ2n) is 3.43. The quantitative estimate of drug-likeness (QED) is 0.682. The topological polar surface area (TPSA) is 47.0 Å². The summed E-state index contributed by atoms with van der Waals surface area (Å²) in [5.41, 5.74) is 1.47. The van der Waals surface area contributed by atoms with Crippen LogP contribution in [0.3, 0.4) is 0 Å². The molecular weight excluding hydrogens is 273 g/mol. The normalized spacial score (nSPS) is 10.2. The third-order valence-corrected chi connectivity index (χ3v) is 2.63. The maximum atomic E-state index is 5.94. The van der Waals surface area contributed by atoms with Crippen LogP contribution in [-0.2, 0) is 0 Å². The summed E-state index contributed by atoms with van der Waals surface area (Å²) in [5.74, 6) is 0.821. The lowest BCUT2D eigenvalue weighted by Crippen LogP contribution is -1.95. The predicted molar refractivity (Wildman–Crippen MR) is 72.9 cm³/mol. The Labute approximate surface area is 115 Å². The molecule has 2 rings (SSSR count). The first-order chi connectivity index (χ1) is 8.69. The standard InChI is InChI=1S/C12H11Cl2N3O/c1-2-18-9-5-3-8(4-6-9)16-10-7-15-12(14)17-11(10)13/h3-7,16H,2H2,1H3. The van der Waals surface area contributed by atoms with Gasteiger partial charge in [0.15, 0.2) is 5.15 Å². The molecule has 94 valence electrons. The average Bonchev–Trinajstić information content (AvgIpc) is 2.35. The van der Waals surface area contributed by atoms with Crippen molar-refractivity contribution in [3.05, 3.63) is 40.9 Å². The van der Waals surface area contributed by atoms with Gasteiger partial charge in [-0.25, -0.2) is 9.97 Å². The van der Waals surface area contributed by atoms with Crippen LogP contribution in [0.2, 0.25) is 10.4 Å². The molecule has 0 spiro atoms. The van der Waals surface area contributed by atoms with E-state index in [0.29, 0.717) is 12.3 Å². The SMILES string of the molecule is CCOc1ccc(Nc2cnc(Cl)nc2Cl)cc1. The molecule has 18 heavy (non-hydrogen) atoms. The fraction of sp³-hybridized carbons (Fsp3) is 0.167. The van der Waals surface area contributed by atoms with Crippen molar-refractivity contribution in [2.24, 2.45) is 0 Å². The fourth-order valence-electron chi connectivity index (χ4n) is 1.38. The van der Waals surface area contributed by atoms with Gasteiger partial charge in [-0.15, -0.1) is 0 Å². The minimum atomic E-state index is 0.122. The van der Waals surface area contributed by atoms with Gasteiger partial charge in [-0.05, 0) is 42.8 Å². The van der Waals surface area contributed by atoms with Gasteiger partial charge in [-0.3, -0.25) is 0 Å². The van der Waals surface area contributed by atoms with Gasteiger partial charge in [0.05, 0.1) is 18.5 Å². The Bertz CT molecular complexity index is 531. The first-order valence-electron chi connectivity index (χ1n) is 5.37. The van der Waals surface area contributed by atoms with E-state index in [-0.39, 0.29) is 10.4 Å². The zero-order valence-electron chi connectivity index (χ0n) is 9.65. The molecule has 0 amide bonds. The second-order valence-corrected chi connectivity index (χ2v) is 4.12. The molecule has 1 aromatic carbocycles. The zero-order valence-corrected chi connectivity index (χ0v) is 11.2. The number of hydrogen-bond donors (Lipinski definition) is 1. The summed E-state index contributed by atoms with van der Waals surface area (Å²) >= 11 is 11.6. The van der Waals surface area contributed by atoms with Gasteiger partial charge in [0, 0.05) is 5.69 Å². The van der Waals surface area contributed by atoms with E-state index in [1.807, 2.05) is 31.2 Å². The van der Waals surface area contributed by atoms with E-state index < -0.39 is 0 Å². The van der Waals surface area contributed by atoms with Crippen LogP contribution in [0, 0.1) is 0 Å². The molecule has 0 radical (unpaired) electrons. The lowest BCUT2D eigenvalue weighted by molar-refractivity contribution is 0.340. The van der Waals surface area contributed by atoms with Gasteiger partial charge in [-0.1, -0.05) is 11.6 Å². The monoisotopic (exact) mass is 283 g/mol. The molecule has 0 unspecified atom stereocenters. The molecule has 1 heterocycles. The minimum absolute atomic E-state index is 0.122. The van der Waals surface area contributed by atoms with Crippen LogP contribution in [0.4, 0.5) is 11.4 Å². The lowest BCUT2D eigenvalue weighted by atomic mass is 10.3. The van der Waals surface area contributed by atoms with E-state index in [1.54, 1.807) is 0 Å². The molecule has 1 N–H and O–H groups in total. The number of rotatable bonds is 4. The van der Waals surface area contributed by atoms with E-state index in [2.05, 4.69) is 15.3 Å². The van der Waals surface area contributed by atoms with Gasteiger partial charge >= 0.3 is 0 Å². The number of nitrogens with zero attached hydrogens (tertiary/aromatic N) is 2. The zero-order chi connectivity index (χ0) is 13.0. The van der Waals surface area contributed by atoms with Gasteiger partial charge < -0.3 is 10.1 Å². The smallest absolute Gasteiger partial charge is 0.223 e. The summed E-state index contributed by atoms with van der Waals surface area (Å²) in [6.07, 6.45) is 1.54. The number of anilines is 2. The molecule has 0 bridgehead atoms. The Balaban J connectivity index is 2.13. The van der Waals surface area contributed by atoms with Crippen LogP contribution in [0.5, 0.6) is 5.75 Å². The molecule has 4 nitrogen and oxygen atoms in total. The molecular formula is C12H11Cl2N3O. The molecule has 0 aliphatic heterocycles. The van der Waals surface area contributed by atoms with Crippen molar-refractivity contribution in [1.29, 1.82) is 0 Å². The first-order valence-corrected chi connectivity index (χ1v) is 6.12. The largest absolute Gasteiger partial charge is 0.494 e. The van der Waals surface area contributed by atoms with Crippen molar-refractivity contribution in [2.75, 3.05) is 11.9 Å². The van der Waals surface area contributed by atoms with Gasteiger partial charge in [0.2, 0.25) is 5.28 Å². The number of hydrogen-bond acceptors (Lipinski definition) is 4. The minimum Gasteiger partial charge on any atom is -0.494 e. The van der Waals surface area contributed by atoms with Crippen molar-refractivity contribution in [1.82, 2.24) is 9.97 Å². The van der Waals surface area contributed by atoms with Crippen LogP contribution < -0.4 is 10.1 Å². The van der Waals surface area contributed by atoms with Crippen molar-refractivity contribution in [2.45, 2.75) is 6.92 Å². The molecule has 0 atom stereocenters. The van der Waals surface area contributed by atoms with Crippen molar-refractivity contribution >= 4 is 34.6 Å². The Morgan fingerprint density at radius 2 is 1.94 bits per heavy atom. The van der Waals surface area contributed by atoms with E-state index in [1.165, 1.54) is 6.20 Å². The number of halogens is 2. The van der Waals surface area contributed by atoms with E-state index >= 15 is 0 Å². The average molecular weight is 284 g/mol. The Kier molecular flexibility index (Phi) is 4.23. The molecule has 2 aromatic rings. The van der Waals surface area contributed by atoms with E-state index in [0.717, 1.165) is 11.4 Å². The van der Waals surface area contributed by atoms with Crippen LogP contribution in [0.25, 0.3) is 0 Å². The number of nitrogens with one attached hydrogen (secondary N) is 1. The van der Waals surface area contributed by atoms with Crippen LogP contribution in [-0.4, -0.2) is 16.6 Å². The Morgan fingerprint density at radius 3 is 2.56 bits per heavy atom. The molecule has 1 aromatic heterocycles. The van der Waals surface area contributed by atoms with Gasteiger partial charge in [0.25, 0.3) is 0 Å². The Hall–Kier alpha value is -1.52. The molecule has 6 heteroatoms. The molecule has 0 aliphatic carbocycles. The fourth-order valence-corrected chi connectivity index (χ4v) is 1.73. The highest BCUT2D eigenvalue weighted by atomic mass is 35.5. The lowest BCUT2D eigenvalue weighted by Gasteiger charge is -2.08. The summed E-state index contributed by atoms with van der Waals surface area (Å²) in [4.78, 5) is 7.72. The maximum Gasteiger partial charge on any atom is 0.223 e. The highest BCUT2D eigenvalue weighted by Crippen LogP contribution is 2.25. The predicted octanol–water partition coefficient (Wildman–Crippen LogP) is 3.93. The first kappa shape index (κ1) is 12.9. The number of benzene rings is 1. The van der Waals surface area contributed by atoms with E-state index in [4.69, 9.17) is 27.9 Å². The second kappa shape index (κ2) is 5.89.